The van der Waals surface area contributed by atoms with Crippen molar-refractivity contribution in [3.05, 3.63) is 60.0 Å². The summed E-state index contributed by atoms with van der Waals surface area (Å²) < 4.78 is 16.2. The summed E-state index contributed by atoms with van der Waals surface area (Å²) in [6.07, 6.45) is 0.420. The Balaban J connectivity index is 1.61. The maximum Gasteiger partial charge on any atom is 0.255 e. The lowest BCUT2D eigenvalue weighted by molar-refractivity contribution is 0.0950. The summed E-state index contributed by atoms with van der Waals surface area (Å²) in [7, 11) is 3.12. The lowest BCUT2D eigenvalue weighted by Crippen LogP contribution is -2.26. The van der Waals surface area contributed by atoms with E-state index >= 15 is 0 Å². The summed E-state index contributed by atoms with van der Waals surface area (Å²) >= 11 is 0. The van der Waals surface area contributed by atoms with Crippen molar-refractivity contribution in [1.29, 1.82) is 0 Å². The number of ether oxygens (including phenoxy) is 2. The molecular formula is C19H19N3O4. The van der Waals surface area contributed by atoms with Crippen LogP contribution in [0.5, 0.6) is 11.5 Å². The highest BCUT2D eigenvalue weighted by Gasteiger charge is 2.14. The zero-order valence-corrected chi connectivity index (χ0v) is 14.6. The Morgan fingerprint density at radius 2 is 1.69 bits per heavy atom. The predicted molar refractivity (Wildman–Crippen MR) is 95.3 cm³/mol. The molecule has 1 amide bonds. The number of carbonyl (C=O) groups is 1. The molecular weight excluding hydrogens is 334 g/mol. The number of amides is 1. The smallest absolute Gasteiger partial charge is 0.255 e. The molecule has 0 aliphatic carbocycles. The van der Waals surface area contributed by atoms with Gasteiger partial charge < -0.3 is 19.2 Å². The quantitative estimate of drug-likeness (QED) is 0.703. The molecule has 0 saturated heterocycles. The molecule has 3 rings (SSSR count). The van der Waals surface area contributed by atoms with Crippen molar-refractivity contribution in [2.45, 2.75) is 6.42 Å². The number of nitrogens with one attached hydrogen (secondary N) is 1. The summed E-state index contributed by atoms with van der Waals surface area (Å²) in [4.78, 5) is 12.3. The average Bonchev–Trinajstić information content (AvgIpc) is 3.16. The first-order valence-corrected chi connectivity index (χ1v) is 8.10. The standard InChI is InChI=1S/C19H19N3O4/c1-24-15-9-5-3-7-13(15)18(23)20-12-11-17-21-22-19(26-17)14-8-4-6-10-16(14)25-2/h3-10H,11-12H2,1-2H3,(H,20,23). The van der Waals surface area contributed by atoms with Crippen molar-refractivity contribution in [1.82, 2.24) is 15.5 Å². The fourth-order valence-electron chi connectivity index (χ4n) is 2.50. The van der Waals surface area contributed by atoms with Gasteiger partial charge in [-0.1, -0.05) is 24.3 Å². The van der Waals surface area contributed by atoms with Crippen LogP contribution < -0.4 is 14.8 Å². The van der Waals surface area contributed by atoms with E-state index in [-0.39, 0.29) is 5.91 Å². The number of methoxy groups -OCH3 is 2. The van der Waals surface area contributed by atoms with Gasteiger partial charge in [-0.15, -0.1) is 10.2 Å². The third kappa shape index (κ3) is 3.83. The number of para-hydroxylation sites is 2. The SMILES string of the molecule is COc1ccccc1C(=O)NCCc1nnc(-c2ccccc2OC)o1. The Hall–Kier alpha value is -3.35. The zero-order valence-electron chi connectivity index (χ0n) is 14.6. The highest BCUT2D eigenvalue weighted by molar-refractivity contribution is 5.96. The first-order chi connectivity index (χ1) is 12.7. The van der Waals surface area contributed by atoms with Crippen LogP contribution in [0.2, 0.25) is 0 Å². The molecule has 1 aromatic heterocycles. The number of carbonyl (C=O) groups excluding carboxylic acids is 1. The van der Waals surface area contributed by atoms with Crippen molar-refractivity contribution >= 4 is 5.91 Å². The summed E-state index contributed by atoms with van der Waals surface area (Å²) in [5.74, 6) is 1.79. The Morgan fingerprint density at radius 1 is 1.00 bits per heavy atom. The third-order valence-electron chi connectivity index (χ3n) is 3.78. The van der Waals surface area contributed by atoms with Gasteiger partial charge in [-0.05, 0) is 24.3 Å². The lowest BCUT2D eigenvalue weighted by atomic mass is 10.2. The van der Waals surface area contributed by atoms with Crippen molar-refractivity contribution < 1.29 is 18.7 Å². The van der Waals surface area contributed by atoms with E-state index in [1.165, 1.54) is 7.11 Å². The van der Waals surface area contributed by atoms with Crippen molar-refractivity contribution in [3.8, 4) is 23.0 Å². The van der Waals surface area contributed by atoms with Crippen LogP contribution in [0.1, 0.15) is 16.2 Å². The third-order valence-corrected chi connectivity index (χ3v) is 3.78. The molecule has 1 heterocycles. The Bertz CT molecular complexity index is 892. The molecule has 1 N–H and O–H groups in total. The van der Waals surface area contributed by atoms with Crippen LogP contribution >= 0.6 is 0 Å². The van der Waals surface area contributed by atoms with E-state index in [0.29, 0.717) is 41.8 Å². The van der Waals surface area contributed by atoms with Gasteiger partial charge >= 0.3 is 0 Å². The summed E-state index contributed by atoms with van der Waals surface area (Å²) in [6.45, 7) is 0.366. The summed E-state index contributed by atoms with van der Waals surface area (Å²) in [5, 5.41) is 10.9. The van der Waals surface area contributed by atoms with E-state index < -0.39 is 0 Å². The highest BCUT2D eigenvalue weighted by Crippen LogP contribution is 2.28. The first kappa shape index (κ1) is 17.5. The normalized spacial score (nSPS) is 10.4. The molecule has 2 aromatic carbocycles. The first-order valence-electron chi connectivity index (χ1n) is 8.10. The maximum absolute atomic E-state index is 12.3. The maximum atomic E-state index is 12.3. The molecule has 0 aliphatic heterocycles. The second-order valence-electron chi connectivity index (χ2n) is 5.41. The summed E-state index contributed by atoms with van der Waals surface area (Å²) in [5.41, 5.74) is 1.21. The second kappa shape index (κ2) is 8.15. The van der Waals surface area contributed by atoms with Gasteiger partial charge in [-0.3, -0.25) is 4.79 Å². The van der Waals surface area contributed by atoms with Crippen LogP contribution in [0.15, 0.2) is 52.9 Å². The molecule has 26 heavy (non-hydrogen) atoms. The highest BCUT2D eigenvalue weighted by atomic mass is 16.5. The second-order valence-corrected chi connectivity index (χ2v) is 5.41. The molecule has 7 nitrogen and oxygen atoms in total. The van der Waals surface area contributed by atoms with Gasteiger partial charge in [-0.2, -0.15) is 0 Å². The number of hydrogen-bond donors (Lipinski definition) is 1. The molecule has 7 heteroatoms. The topological polar surface area (TPSA) is 86.5 Å². The van der Waals surface area contributed by atoms with Gasteiger partial charge in [0.2, 0.25) is 5.89 Å². The van der Waals surface area contributed by atoms with Crippen molar-refractivity contribution in [2.75, 3.05) is 20.8 Å². The molecule has 0 bridgehead atoms. The van der Waals surface area contributed by atoms with Gasteiger partial charge in [-0.25, -0.2) is 0 Å². The number of nitrogens with zero attached hydrogens (tertiary/aromatic N) is 2. The summed E-state index contributed by atoms with van der Waals surface area (Å²) in [6, 6.07) is 14.5. The van der Waals surface area contributed by atoms with Crippen LogP contribution in [0.4, 0.5) is 0 Å². The van der Waals surface area contributed by atoms with Crippen LogP contribution in [0, 0.1) is 0 Å². The fourth-order valence-corrected chi connectivity index (χ4v) is 2.50. The van der Waals surface area contributed by atoms with E-state index in [2.05, 4.69) is 15.5 Å². The van der Waals surface area contributed by atoms with E-state index in [4.69, 9.17) is 13.9 Å². The number of benzene rings is 2. The number of hydrogen-bond acceptors (Lipinski definition) is 6. The monoisotopic (exact) mass is 353 g/mol. The Labute approximate surface area is 151 Å². The van der Waals surface area contributed by atoms with Crippen LogP contribution in [-0.2, 0) is 6.42 Å². The van der Waals surface area contributed by atoms with E-state index in [0.717, 1.165) is 5.56 Å². The van der Waals surface area contributed by atoms with E-state index in [1.807, 2.05) is 30.3 Å². The lowest BCUT2D eigenvalue weighted by Gasteiger charge is -2.08. The Morgan fingerprint density at radius 3 is 2.46 bits per heavy atom. The molecule has 0 saturated carbocycles. The minimum Gasteiger partial charge on any atom is -0.496 e. The Kier molecular flexibility index (Phi) is 5.48. The number of aromatic nitrogens is 2. The molecule has 0 unspecified atom stereocenters. The van der Waals surface area contributed by atoms with Crippen LogP contribution in [0.3, 0.4) is 0 Å². The minimum absolute atomic E-state index is 0.216. The van der Waals surface area contributed by atoms with Gasteiger partial charge in [0, 0.05) is 13.0 Å². The largest absolute Gasteiger partial charge is 0.496 e. The van der Waals surface area contributed by atoms with Crippen molar-refractivity contribution in [3.63, 3.8) is 0 Å². The van der Waals surface area contributed by atoms with E-state index in [1.54, 1.807) is 25.3 Å². The molecule has 0 radical (unpaired) electrons. The fraction of sp³-hybridized carbons (Fsp3) is 0.211. The molecule has 134 valence electrons. The minimum atomic E-state index is -0.216. The molecule has 0 atom stereocenters. The van der Waals surface area contributed by atoms with Gasteiger partial charge in [0.1, 0.15) is 11.5 Å². The van der Waals surface area contributed by atoms with Crippen molar-refractivity contribution in [2.24, 2.45) is 0 Å². The predicted octanol–water partition coefficient (Wildman–Crippen LogP) is 2.73. The number of rotatable bonds is 7. The van der Waals surface area contributed by atoms with Gasteiger partial charge in [0.05, 0.1) is 25.3 Å². The van der Waals surface area contributed by atoms with Crippen LogP contribution in [-0.4, -0.2) is 36.9 Å². The average molecular weight is 353 g/mol. The van der Waals surface area contributed by atoms with E-state index in [9.17, 15) is 4.79 Å². The van der Waals surface area contributed by atoms with Gasteiger partial charge in [0.25, 0.3) is 11.8 Å². The zero-order chi connectivity index (χ0) is 18.4. The molecule has 0 fully saturated rings. The van der Waals surface area contributed by atoms with Crippen LogP contribution in [0.25, 0.3) is 11.5 Å². The molecule has 0 spiro atoms. The molecule has 0 aliphatic rings. The van der Waals surface area contributed by atoms with Gasteiger partial charge in [0.15, 0.2) is 0 Å². The molecule has 3 aromatic rings.